The van der Waals surface area contributed by atoms with E-state index in [1.165, 1.54) is 6.07 Å². The zero-order valence-electron chi connectivity index (χ0n) is 9.69. The molecular weight excluding hydrogens is 226 g/mol. The Kier molecular flexibility index (Phi) is 4.82. The van der Waals surface area contributed by atoms with Crippen molar-refractivity contribution in [3.63, 3.8) is 0 Å². The molecule has 0 amide bonds. The van der Waals surface area contributed by atoms with Gasteiger partial charge in [0.15, 0.2) is 0 Å². The second kappa shape index (κ2) is 6.13. The number of alkyl halides is 2. The van der Waals surface area contributed by atoms with Gasteiger partial charge in [0.1, 0.15) is 12.0 Å². The van der Waals surface area contributed by atoms with E-state index in [2.05, 4.69) is 4.74 Å². The number of rotatable bonds is 5. The van der Waals surface area contributed by atoms with Crippen molar-refractivity contribution in [1.82, 2.24) is 0 Å². The van der Waals surface area contributed by atoms with E-state index in [1.54, 1.807) is 24.3 Å². The van der Waals surface area contributed by atoms with Gasteiger partial charge in [-0.1, -0.05) is 32.0 Å². The summed E-state index contributed by atoms with van der Waals surface area (Å²) in [5.74, 6) is 0.106. The van der Waals surface area contributed by atoms with E-state index in [1.807, 2.05) is 13.8 Å². The van der Waals surface area contributed by atoms with Crippen LogP contribution in [0.15, 0.2) is 29.8 Å². The molecule has 1 rings (SSSR count). The molecule has 0 spiro atoms. The average molecular weight is 240 g/mol. The van der Waals surface area contributed by atoms with Crippen LogP contribution in [0.25, 0.3) is 6.08 Å². The fraction of sp³-hybridized carbons (Fsp3) is 0.308. The van der Waals surface area contributed by atoms with Gasteiger partial charge in [0.05, 0.1) is 0 Å². The first-order valence-electron chi connectivity index (χ1n) is 5.25. The van der Waals surface area contributed by atoms with Gasteiger partial charge in [-0.05, 0) is 23.6 Å². The third-order valence-electron chi connectivity index (χ3n) is 2.26. The number of aldehydes is 1. The molecule has 92 valence electrons. The van der Waals surface area contributed by atoms with Crippen LogP contribution in [-0.4, -0.2) is 12.9 Å². The van der Waals surface area contributed by atoms with Crippen molar-refractivity contribution in [1.29, 1.82) is 0 Å². The van der Waals surface area contributed by atoms with Crippen molar-refractivity contribution in [3.05, 3.63) is 35.4 Å². The van der Waals surface area contributed by atoms with Gasteiger partial charge in [-0.15, -0.1) is 0 Å². The van der Waals surface area contributed by atoms with Crippen molar-refractivity contribution in [2.24, 2.45) is 5.92 Å². The molecule has 0 N–H and O–H groups in total. The Morgan fingerprint density at radius 1 is 1.29 bits per heavy atom. The molecule has 0 heterocycles. The van der Waals surface area contributed by atoms with Crippen LogP contribution in [0.1, 0.15) is 19.4 Å². The number of hydrogen-bond donors (Lipinski definition) is 0. The van der Waals surface area contributed by atoms with Crippen LogP contribution in [0.5, 0.6) is 5.75 Å². The van der Waals surface area contributed by atoms with E-state index in [0.717, 1.165) is 6.29 Å². The van der Waals surface area contributed by atoms with E-state index in [4.69, 9.17) is 0 Å². The molecular formula is C13H14F2O2. The lowest BCUT2D eigenvalue weighted by Crippen LogP contribution is -2.03. The van der Waals surface area contributed by atoms with Gasteiger partial charge in [0.25, 0.3) is 0 Å². The second-order valence-corrected chi connectivity index (χ2v) is 3.83. The predicted molar refractivity (Wildman–Crippen MR) is 62.0 cm³/mol. The standard InChI is InChI=1S/C13H14F2O2/c1-9(2)11(8-16)7-10-5-3-4-6-12(10)17-13(14)15/h3-9,13H,1-2H3. The molecule has 0 unspecified atom stereocenters. The number of allylic oxidation sites excluding steroid dienone is 1. The van der Waals surface area contributed by atoms with E-state index in [9.17, 15) is 13.6 Å². The van der Waals surface area contributed by atoms with Crippen molar-refractivity contribution < 1.29 is 18.3 Å². The van der Waals surface area contributed by atoms with Gasteiger partial charge in [0, 0.05) is 5.56 Å². The topological polar surface area (TPSA) is 26.3 Å². The number of hydrogen-bond acceptors (Lipinski definition) is 2. The fourth-order valence-corrected chi connectivity index (χ4v) is 1.32. The SMILES string of the molecule is CC(C)C(C=O)=Cc1ccccc1OC(F)F. The summed E-state index contributed by atoms with van der Waals surface area (Å²) >= 11 is 0. The number of para-hydroxylation sites is 1. The minimum atomic E-state index is -2.87. The Bertz CT molecular complexity index is 412. The van der Waals surface area contributed by atoms with E-state index >= 15 is 0 Å². The second-order valence-electron chi connectivity index (χ2n) is 3.83. The summed E-state index contributed by atoms with van der Waals surface area (Å²) in [6, 6.07) is 6.38. The van der Waals surface area contributed by atoms with Crippen molar-refractivity contribution >= 4 is 12.4 Å². The van der Waals surface area contributed by atoms with Gasteiger partial charge in [-0.3, -0.25) is 4.79 Å². The van der Waals surface area contributed by atoms with Gasteiger partial charge >= 0.3 is 6.61 Å². The summed E-state index contributed by atoms with van der Waals surface area (Å²) in [6.45, 7) is 0.844. The summed E-state index contributed by atoms with van der Waals surface area (Å²) in [6.07, 6.45) is 2.29. The molecule has 0 saturated heterocycles. The largest absolute Gasteiger partial charge is 0.434 e. The number of carbonyl (C=O) groups is 1. The molecule has 4 heteroatoms. The minimum absolute atomic E-state index is 0.0344. The molecule has 0 aliphatic heterocycles. The molecule has 1 aromatic rings. The Hall–Kier alpha value is -1.71. The molecule has 0 fully saturated rings. The highest BCUT2D eigenvalue weighted by molar-refractivity contribution is 5.83. The predicted octanol–water partition coefficient (Wildman–Crippen LogP) is 3.53. The highest BCUT2D eigenvalue weighted by atomic mass is 19.3. The van der Waals surface area contributed by atoms with E-state index < -0.39 is 6.61 Å². The zero-order chi connectivity index (χ0) is 12.8. The van der Waals surface area contributed by atoms with Crippen LogP contribution in [0.4, 0.5) is 8.78 Å². The van der Waals surface area contributed by atoms with Gasteiger partial charge in [-0.2, -0.15) is 8.78 Å². The molecule has 17 heavy (non-hydrogen) atoms. The molecule has 0 atom stereocenters. The van der Waals surface area contributed by atoms with Gasteiger partial charge in [-0.25, -0.2) is 0 Å². The lowest BCUT2D eigenvalue weighted by Gasteiger charge is -2.09. The molecule has 0 aromatic heterocycles. The van der Waals surface area contributed by atoms with Crippen LogP contribution < -0.4 is 4.74 Å². The molecule has 2 nitrogen and oxygen atoms in total. The highest BCUT2D eigenvalue weighted by Crippen LogP contribution is 2.24. The Morgan fingerprint density at radius 2 is 1.94 bits per heavy atom. The van der Waals surface area contributed by atoms with Crippen LogP contribution in [0.3, 0.4) is 0 Å². The maximum absolute atomic E-state index is 12.2. The quantitative estimate of drug-likeness (QED) is 0.581. The maximum atomic E-state index is 12.2. The van der Waals surface area contributed by atoms with E-state index in [0.29, 0.717) is 11.1 Å². The first-order chi connectivity index (χ1) is 8.04. The molecule has 1 aromatic carbocycles. The van der Waals surface area contributed by atoms with Gasteiger partial charge < -0.3 is 4.74 Å². The van der Waals surface area contributed by atoms with Crippen LogP contribution in [0, 0.1) is 5.92 Å². The molecule has 0 bridgehead atoms. The minimum Gasteiger partial charge on any atom is -0.434 e. The normalized spacial score (nSPS) is 12.0. The third kappa shape index (κ3) is 3.98. The molecule has 0 radical (unpaired) electrons. The third-order valence-corrected chi connectivity index (χ3v) is 2.26. The highest BCUT2D eigenvalue weighted by Gasteiger charge is 2.09. The number of halogens is 2. The summed E-state index contributed by atoms with van der Waals surface area (Å²) in [4.78, 5) is 10.8. The summed E-state index contributed by atoms with van der Waals surface area (Å²) < 4.78 is 28.7. The van der Waals surface area contributed by atoms with Crippen LogP contribution in [-0.2, 0) is 4.79 Å². The Labute approximate surface area is 98.9 Å². The van der Waals surface area contributed by atoms with Crippen molar-refractivity contribution in [2.75, 3.05) is 0 Å². The fourth-order valence-electron chi connectivity index (χ4n) is 1.32. The average Bonchev–Trinajstić information content (AvgIpc) is 2.26. The molecule has 0 saturated carbocycles. The number of benzene rings is 1. The number of carbonyl (C=O) groups excluding carboxylic acids is 1. The maximum Gasteiger partial charge on any atom is 0.387 e. The van der Waals surface area contributed by atoms with E-state index in [-0.39, 0.29) is 11.7 Å². The zero-order valence-corrected chi connectivity index (χ0v) is 9.69. The van der Waals surface area contributed by atoms with Crippen LogP contribution >= 0.6 is 0 Å². The van der Waals surface area contributed by atoms with Crippen molar-refractivity contribution in [3.8, 4) is 5.75 Å². The number of ether oxygens (including phenoxy) is 1. The molecule has 0 aliphatic rings. The lowest BCUT2D eigenvalue weighted by atomic mass is 10.0. The smallest absolute Gasteiger partial charge is 0.387 e. The summed E-state index contributed by atoms with van der Waals surface area (Å²) in [5.41, 5.74) is 1.01. The Morgan fingerprint density at radius 3 is 2.47 bits per heavy atom. The monoisotopic (exact) mass is 240 g/mol. The first-order valence-corrected chi connectivity index (χ1v) is 5.25. The van der Waals surface area contributed by atoms with Crippen molar-refractivity contribution in [2.45, 2.75) is 20.5 Å². The van der Waals surface area contributed by atoms with Crippen LogP contribution in [0.2, 0.25) is 0 Å². The Balaban J connectivity index is 3.08. The van der Waals surface area contributed by atoms with Gasteiger partial charge in [0.2, 0.25) is 0 Å². The lowest BCUT2D eigenvalue weighted by molar-refractivity contribution is -0.105. The molecule has 0 aliphatic carbocycles. The summed E-state index contributed by atoms with van der Waals surface area (Å²) in [5, 5.41) is 0. The summed E-state index contributed by atoms with van der Waals surface area (Å²) in [7, 11) is 0. The first kappa shape index (κ1) is 13.4.